The molecule has 1 saturated heterocycles. The third-order valence-corrected chi connectivity index (χ3v) is 6.43. The van der Waals surface area contributed by atoms with Crippen molar-refractivity contribution in [3.8, 4) is 11.5 Å². The molecule has 10 heteroatoms. The second-order valence-electron chi connectivity index (χ2n) is 9.52. The number of amides is 2. The zero-order valence-corrected chi connectivity index (χ0v) is 20.7. The van der Waals surface area contributed by atoms with Gasteiger partial charge in [-0.15, -0.1) is 0 Å². The van der Waals surface area contributed by atoms with Crippen LogP contribution in [0, 0.1) is 0 Å². The standard InChI is InChI=1S/C24H28ClN3O6/c1-6-32-20(29)16-13-33-19(26-16)14-11-15(25)18-17(12-14)27(5)21(30)24(18)7-9-28(10-8-24)22(31)34-23(2,3)4/h11-13H,6-10H2,1-5H3. The molecule has 2 aromatic rings. The molecule has 0 N–H and O–H groups in total. The van der Waals surface area contributed by atoms with E-state index in [-0.39, 0.29) is 30.2 Å². The summed E-state index contributed by atoms with van der Waals surface area (Å²) in [5.74, 6) is -0.438. The molecule has 0 radical (unpaired) electrons. The van der Waals surface area contributed by atoms with Crippen LogP contribution in [0.3, 0.4) is 0 Å². The van der Waals surface area contributed by atoms with Crippen LogP contribution in [-0.2, 0) is 19.7 Å². The average molecular weight is 490 g/mol. The van der Waals surface area contributed by atoms with E-state index in [1.54, 1.807) is 35.9 Å². The minimum absolute atomic E-state index is 0.0592. The fourth-order valence-corrected chi connectivity index (χ4v) is 4.95. The number of ether oxygens (including phenoxy) is 2. The van der Waals surface area contributed by atoms with Crippen LogP contribution in [0.1, 0.15) is 56.6 Å². The van der Waals surface area contributed by atoms with Crippen LogP contribution in [0.4, 0.5) is 10.5 Å². The number of carbonyl (C=O) groups is 3. The van der Waals surface area contributed by atoms with E-state index in [1.807, 2.05) is 20.8 Å². The van der Waals surface area contributed by atoms with Gasteiger partial charge in [-0.3, -0.25) is 4.79 Å². The van der Waals surface area contributed by atoms with E-state index in [2.05, 4.69) is 4.98 Å². The number of oxazole rings is 1. The Morgan fingerprint density at radius 3 is 2.53 bits per heavy atom. The van der Waals surface area contributed by atoms with Gasteiger partial charge in [-0.1, -0.05) is 11.6 Å². The summed E-state index contributed by atoms with van der Waals surface area (Å²) in [6, 6.07) is 3.48. The minimum Gasteiger partial charge on any atom is -0.461 e. The second-order valence-corrected chi connectivity index (χ2v) is 9.93. The molecule has 1 aromatic carbocycles. The minimum atomic E-state index is -0.815. The monoisotopic (exact) mass is 489 g/mol. The van der Waals surface area contributed by atoms with Crippen molar-refractivity contribution in [2.75, 3.05) is 31.6 Å². The summed E-state index contributed by atoms with van der Waals surface area (Å²) in [4.78, 5) is 45.3. The summed E-state index contributed by atoms with van der Waals surface area (Å²) in [5, 5.41) is 0.409. The smallest absolute Gasteiger partial charge is 0.410 e. The maximum absolute atomic E-state index is 13.4. The Morgan fingerprint density at radius 2 is 1.91 bits per heavy atom. The van der Waals surface area contributed by atoms with E-state index in [4.69, 9.17) is 25.5 Å². The highest BCUT2D eigenvalue weighted by Gasteiger charge is 2.53. The third kappa shape index (κ3) is 4.13. The lowest BCUT2D eigenvalue weighted by molar-refractivity contribution is -0.124. The van der Waals surface area contributed by atoms with Crippen LogP contribution in [0.2, 0.25) is 5.02 Å². The molecule has 2 amide bonds. The van der Waals surface area contributed by atoms with Gasteiger partial charge in [0, 0.05) is 42.0 Å². The van der Waals surface area contributed by atoms with Crippen molar-refractivity contribution < 1.29 is 28.3 Å². The zero-order valence-electron chi connectivity index (χ0n) is 19.9. The molecule has 0 atom stereocenters. The van der Waals surface area contributed by atoms with Crippen LogP contribution in [0.5, 0.6) is 0 Å². The first kappa shape index (κ1) is 24.1. The summed E-state index contributed by atoms with van der Waals surface area (Å²) in [6.07, 6.45) is 1.72. The molecule has 182 valence electrons. The number of hydrogen-bond acceptors (Lipinski definition) is 7. The molecule has 34 heavy (non-hydrogen) atoms. The first-order valence-electron chi connectivity index (χ1n) is 11.2. The Bertz CT molecular complexity index is 1140. The van der Waals surface area contributed by atoms with E-state index in [9.17, 15) is 14.4 Å². The van der Waals surface area contributed by atoms with E-state index >= 15 is 0 Å². The molecular weight excluding hydrogens is 462 g/mol. The maximum Gasteiger partial charge on any atom is 0.410 e. The lowest BCUT2D eigenvalue weighted by Crippen LogP contribution is -2.50. The first-order chi connectivity index (χ1) is 16.0. The molecule has 0 bridgehead atoms. The van der Waals surface area contributed by atoms with Crippen molar-refractivity contribution in [2.24, 2.45) is 0 Å². The van der Waals surface area contributed by atoms with Crippen molar-refractivity contribution in [2.45, 2.75) is 51.6 Å². The number of aromatic nitrogens is 1. The van der Waals surface area contributed by atoms with Gasteiger partial charge in [-0.05, 0) is 52.7 Å². The SMILES string of the molecule is CCOC(=O)c1coc(-c2cc(Cl)c3c(c2)N(C)C(=O)C32CCN(C(=O)OC(C)(C)C)CC2)n1. The van der Waals surface area contributed by atoms with E-state index in [0.717, 1.165) is 5.56 Å². The fourth-order valence-electron chi connectivity index (χ4n) is 4.56. The molecule has 4 rings (SSSR count). The van der Waals surface area contributed by atoms with E-state index < -0.39 is 17.0 Å². The molecule has 2 aliphatic rings. The Morgan fingerprint density at radius 1 is 1.24 bits per heavy atom. The number of rotatable bonds is 3. The van der Waals surface area contributed by atoms with Gasteiger partial charge in [-0.25, -0.2) is 14.6 Å². The normalized spacial score (nSPS) is 17.2. The first-order valence-corrected chi connectivity index (χ1v) is 11.6. The van der Waals surface area contributed by atoms with Gasteiger partial charge in [0.25, 0.3) is 0 Å². The van der Waals surface area contributed by atoms with Crippen LogP contribution in [0.15, 0.2) is 22.8 Å². The highest BCUT2D eigenvalue weighted by atomic mass is 35.5. The second kappa shape index (κ2) is 8.61. The summed E-state index contributed by atoms with van der Waals surface area (Å²) in [5.41, 5.74) is 0.603. The topological polar surface area (TPSA) is 102 Å². The van der Waals surface area contributed by atoms with Gasteiger partial charge >= 0.3 is 12.1 Å². The Hall–Kier alpha value is -3.07. The highest BCUT2D eigenvalue weighted by Crippen LogP contribution is 2.51. The molecule has 1 fully saturated rings. The van der Waals surface area contributed by atoms with Gasteiger partial charge in [0.2, 0.25) is 11.8 Å². The van der Waals surface area contributed by atoms with Crippen LogP contribution < -0.4 is 4.90 Å². The molecule has 1 aromatic heterocycles. The van der Waals surface area contributed by atoms with Crippen molar-refractivity contribution in [3.05, 3.63) is 34.7 Å². The summed E-state index contributed by atoms with van der Waals surface area (Å²) in [6.45, 7) is 8.17. The Kier molecular flexibility index (Phi) is 6.10. The predicted molar refractivity (Wildman–Crippen MR) is 125 cm³/mol. The summed E-state index contributed by atoms with van der Waals surface area (Å²) < 4.78 is 15.9. The number of likely N-dealkylation sites (tertiary alicyclic amines) is 1. The fraction of sp³-hybridized carbons (Fsp3) is 0.500. The molecule has 1 spiro atoms. The van der Waals surface area contributed by atoms with Crippen LogP contribution >= 0.6 is 11.6 Å². The van der Waals surface area contributed by atoms with E-state index in [1.165, 1.54) is 6.26 Å². The molecule has 9 nitrogen and oxygen atoms in total. The van der Waals surface area contributed by atoms with Gasteiger partial charge < -0.3 is 23.7 Å². The molecule has 3 heterocycles. The van der Waals surface area contributed by atoms with Crippen molar-refractivity contribution in [1.82, 2.24) is 9.88 Å². The number of hydrogen-bond donors (Lipinski definition) is 0. The largest absolute Gasteiger partial charge is 0.461 e. The molecule has 0 aliphatic carbocycles. The van der Waals surface area contributed by atoms with Crippen molar-refractivity contribution in [1.29, 1.82) is 0 Å². The number of carbonyl (C=O) groups excluding carboxylic acids is 3. The molecular formula is C24H28ClN3O6. The number of nitrogens with zero attached hydrogens (tertiary/aromatic N) is 3. The van der Waals surface area contributed by atoms with Crippen molar-refractivity contribution in [3.63, 3.8) is 0 Å². The van der Waals surface area contributed by atoms with Crippen molar-refractivity contribution >= 4 is 35.3 Å². The summed E-state index contributed by atoms with van der Waals surface area (Å²) in [7, 11) is 1.70. The Balaban J connectivity index is 1.62. The number of halogens is 1. The lowest BCUT2D eigenvalue weighted by Gasteiger charge is -2.39. The predicted octanol–water partition coefficient (Wildman–Crippen LogP) is 4.42. The van der Waals surface area contributed by atoms with Gasteiger partial charge in [0.05, 0.1) is 12.0 Å². The van der Waals surface area contributed by atoms with Gasteiger partial charge in [-0.2, -0.15) is 0 Å². The molecule has 0 saturated carbocycles. The quantitative estimate of drug-likeness (QED) is 0.588. The number of piperidine rings is 1. The molecule has 2 aliphatic heterocycles. The van der Waals surface area contributed by atoms with E-state index in [0.29, 0.717) is 42.2 Å². The summed E-state index contributed by atoms with van der Waals surface area (Å²) >= 11 is 6.74. The average Bonchev–Trinajstić information content (AvgIpc) is 3.33. The molecule has 0 unspecified atom stereocenters. The van der Waals surface area contributed by atoms with Gasteiger partial charge in [0.1, 0.15) is 11.9 Å². The number of fused-ring (bicyclic) bond motifs is 2. The highest BCUT2D eigenvalue weighted by molar-refractivity contribution is 6.33. The number of likely N-dealkylation sites (N-methyl/N-ethyl adjacent to an activating group) is 1. The number of anilines is 1. The number of esters is 1. The van der Waals surface area contributed by atoms with Gasteiger partial charge in [0.15, 0.2) is 5.69 Å². The maximum atomic E-state index is 13.4. The van der Waals surface area contributed by atoms with Crippen LogP contribution in [-0.4, -0.2) is 60.2 Å². The third-order valence-electron chi connectivity index (χ3n) is 6.13. The zero-order chi connectivity index (χ0) is 24.8. The Labute approximate surface area is 202 Å². The van der Waals surface area contributed by atoms with Crippen LogP contribution in [0.25, 0.3) is 11.5 Å². The number of benzene rings is 1. The lowest BCUT2D eigenvalue weighted by atomic mass is 9.73.